The zero-order valence-corrected chi connectivity index (χ0v) is 9.21. The molecule has 0 aliphatic carbocycles. The van der Waals surface area contributed by atoms with E-state index in [2.05, 4.69) is 10.3 Å². The van der Waals surface area contributed by atoms with Crippen molar-refractivity contribution in [1.29, 1.82) is 0 Å². The third-order valence-corrected chi connectivity index (χ3v) is 2.50. The number of hydrogen-bond donors (Lipinski definition) is 1. The summed E-state index contributed by atoms with van der Waals surface area (Å²) in [6, 6.07) is 1.82. The molecule has 0 saturated heterocycles. The Morgan fingerprint density at radius 2 is 2.33 bits per heavy atom. The molecule has 15 heavy (non-hydrogen) atoms. The summed E-state index contributed by atoms with van der Waals surface area (Å²) in [5.41, 5.74) is 0.721. The van der Waals surface area contributed by atoms with Crippen LogP contribution in [0, 0.1) is 0 Å². The van der Waals surface area contributed by atoms with Gasteiger partial charge in [-0.3, -0.25) is 0 Å². The molecule has 1 atom stereocenters. The largest absolute Gasteiger partial charge is 0.452 e. The van der Waals surface area contributed by atoms with Crippen LogP contribution in [0.3, 0.4) is 0 Å². The van der Waals surface area contributed by atoms with Crippen molar-refractivity contribution in [2.24, 2.45) is 0 Å². The number of aromatic nitrogens is 1. The second-order valence-electron chi connectivity index (χ2n) is 3.18. The third kappa shape index (κ3) is 1.91. The van der Waals surface area contributed by atoms with Crippen molar-refractivity contribution in [3.05, 3.63) is 29.6 Å². The number of oxazole rings is 1. The van der Waals surface area contributed by atoms with Crippen LogP contribution in [0.2, 0.25) is 5.22 Å². The maximum atomic E-state index is 5.83. The lowest BCUT2D eigenvalue weighted by Gasteiger charge is -2.03. The first-order valence-corrected chi connectivity index (χ1v) is 4.96. The minimum atomic E-state index is 0.0735. The van der Waals surface area contributed by atoms with E-state index in [0.717, 1.165) is 5.56 Å². The lowest BCUT2D eigenvalue weighted by molar-refractivity contribution is 0.441. The van der Waals surface area contributed by atoms with Crippen LogP contribution in [0.1, 0.15) is 18.9 Å². The van der Waals surface area contributed by atoms with Gasteiger partial charge in [0.25, 0.3) is 0 Å². The smallest absolute Gasteiger partial charge is 0.211 e. The maximum Gasteiger partial charge on any atom is 0.211 e. The number of furan rings is 1. The van der Waals surface area contributed by atoms with Gasteiger partial charge in [0.2, 0.25) is 11.1 Å². The molecule has 0 aliphatic heterocycles. The Bertz CT molecular complexity index is 450. The molecule has 2 heterocycles. The molecular formula is C10H11ClN2O2. The van der Waals surface area contributed by atoms with Crippen LogP contribution in [0.25, 0.3) is 11.3 Å². The Kier molecular flexibility index (Phi) is 2.79. The lowest BCUT2D eigenvalue weighted by atomic mass is 10.3. The van der Waals surface area contributed by atoms with E-state index in [-0.39, 0.29) is 6.04 Å². The number of halogens is 1. The zero-order chi connectivity index (χ0) is 10.8. The van der Waals surface area contributed by atoms with Gasteiger partial charge in [0.1, 0.15) is 0 Å². The van der Waals surface area contributed by atoms with Crippen LogP contribution in [-0.2, 0) is 0 Å². The van der Waals surface area contributed by atoms with Crippen molar-refractivity contribution >= 4 is 11.6 Å². The van der Waals surface area contributed by atoms with Gasteiger partial charge in [0.05, 0.1) is 24.1 Å². The first-order chi connectivity index (χ1) is 7.22. The molecule has 2 aromatic heterocycles. The van der Waals surface area contributed by atoms with Crippen molar-refractivity contribution in [2.75, 3.05) is 7.05 Å². The van der Waals surface area contributed by atoms with Crippen LogP contribution in [-0.4, -0.2) is 12.0 Å². The van der Waals surface area contributed by atoms with Gasteiger partial charge in [0.15, 0.2) is 5.76 Å². The fraction of sp³-hybridized carbons (Fsp3) is 0.300. The molecule has 2 rings (SSSR count). The Hall–Kier alpha value is -1.26. The molecule has 0 radical (unpaired) electrons. The normalized spacial score (nSPS) is 13.0. The lowest BCUT2D eigenvalue weighted by Crippen LogP contribution is -2.12. The molecule has 0 bridgehead atoms. The average Bonchev–Trinajstić information content (AvgIpc) is 2.84. The molecule has 80 valence electrons. The average molecular weight is 227 g/mol. The highest BCUT2D eigenvalue weighted by Gasteiger charge is 2.14. The van der Waals surface area contributed by atoms with E-state index in [1.807, 2.05) is 14.0 Å². The number of hydrogen-bond acceptors (Lipinski definition) is 4. The topological polar surface area (TPSA) is 51.2 Å². The van der Waals surface area contributed by atoms with E-state index in [1.165, 1.54) is 6.26 Å². The number of rotatable bonds is 3. The maximum absolute atomic E-state index is 5.83. The summed E-state index contributed by atoms with van der Waals surface area (Å²) >= 11 is 5.83. The van der Waals surface area contributed by atoms with Gasteiger partial charge in [0, 0.05) is 0 Å². The van der Waals surface area contributed by atoms with Crippen molar-refractivity contribution in [3.63, 3.8) is 0 Å². The highest BCUT2D eigenvalue weighted by Crippen LogP contribution is 2.30. The van der Waals surface area contributed by atoms with Gasteiger partial charge in [-0.15, -0.1) is 0 Å². The molecule has 0 fully saturated rings. The van der Waals surface area contributed by atoms with Crippen LogP contribution in [0.5, 0.6) is 0 Å². The summed E-state index contributed by atoms with van der Waals surface area (Å²) in [5.74, 6) is 1.25. The summed E-state index contributed by atoms with van der Waals surface area (Å²) in [5, 5.41) is 3.36. The standard InChI is InChI=1S/C10H11ClN2O2/c1-6(12-2)10-13-5-8(15-10)7-3-4-14-9(7)11/h3-6,12H,1-2H3. The van der Waals surface area contributed by atoms with Crippen LogP contribution in [0.15, 0.2) is 27.4 Å². The fourth-order valence-electron chi connectivity index (χ4n) is 1.21. The van der Waals surface area contributed by atoms with Gasteiger partial charge < -0.3 is 14.2 Å². The van der Waals surface area contributed by atoms with Crippen molar-refractivity contribution in [2.45, 2.75) is 13.0 Å². The number of nitrogens with one attached hydrogen (secondary N) is 1. The van der Waals surface area contributed by atoms with Gasteiger partial charge >= 0.3 is 0 Å². The third-order valence-electron chi connectivity index (χ3n) is 2.21. The Morgan fingerprint density at radius 1 is 1.53 bits per heavy atom. The molecule has 2 aromatic rings. The van der Waals surface area contributed by atoms with E-state index in [1.54, 1.807) is 12.3 Å². The molecule has 0 aromatic carbocycles. The Labute approximate surface area is 92.2 Å². The summed E-state index contributed by atoms with van der Waals surface area (Å²) in [6.07, 6.45) is 3.15. The predicted molar refractivity (Wildman–Crippen MR) is 56.7 cm³/mol. The Morgan fingerprint density at radius 3 is 2.93 bits per heavy atom. The van der Waals surface area contributed by atoms with E-state index in [4.69, 9.17) is 20.4 Å². The molecular weight excluding hydrogens is 216 g/mol. The van der Waals surface area contributed by atoms with Crippen molar-refractivity contribution in [1.82, 2.24) is 10.3 Å². The SMILES string of the molecule is CNC(C)c1ncc(-c2ccoc2Cl)o1. The fourth-order valence-corrected chi connectivity index (χ4v) is 1.41. The second-order valence-corrected chi connectivity index (χ2v) is 3.52. The van der Waals surface area contributed by atoms with Gasteiger partial charge in [-0.25, -0.2) is 4.98 Å². The molecule has 0 amide bonds. The Balaban J connectivity index is 2.32. The van der Waals surface area contributed by atoms with E-state index in [9.17, 15) is 0 Å². The van der Waals surface area contributed by atoms with Gasteiger partial charge in [-0.05, 0) is 31.6 Å². The molecule has 4 nitrogen and oxygen atoms in total. The summed E-state index contributed by atoms with van der Waals surface area (Å²) in [4.78, 5) is 4.15. The monoisotopic (exact) mass is 226 g/mol. The highest BCUT2D eigenvalue weighted by molar-refractivity contribution is 6.31. The molecule has 1 N–H and O–H groups in total. The minimum Gasteiger partial charge on any atom is -0.452 e. The first-order valence-electron chi connectivity index (χ1n) is 4.58. The summed E-state index contributed by atoms with van der Waals surface area (Å²) < 4.78 is 10.5. The van der Waals surface area contributed by atoms with Gasteiger partial charge in [-0.2, -0.15) is 0 Å². The van der Waals surface area contributed by atoms with Crippen molar-refractivity contribution in [3.8, 4) is 11.3 Å². The number of nitrogens with zero attached hydrogens (tertiary/aromatic N) is 1. The quantitative estimate of drug-likeness (QED) is 0.875. The summed E-state index contributed by atoms with van der Waals surface area (Å²) in [7, 11) is 1.85. The van der Waals surface area contributed by atoms with Crippen LogP contribution in [0.4, 0.5) is 0 Å². The second kappa shape index (κ2) is 4.08. The first kappa shape index (κ1) is 10.3. The van der Waals surface area contributed by atoms with E-state index >= 15 is 0 Å². The van der Waals surface area contributed by atoms with Crippen molar-refractivity contribution < 1.29 is 8.83 Å². The molecule has 0 spiro atoms. The zero-order valence-electron chi connectivity index (χ0n) is 8.45. The highest BCUT2D eigenvalue weighted by atomic mass is 35.5. The van der Waals surface area contributed by atoms with E-state index < -0.39 is 0 Å². The predicted octanol–water partition coefficient (Wildman–Crippen LogP) is 2.87. The molecule has 5 heteroatoms. The summed E-state index contributed by atoms with van der Waals surface area (Å²) in [6.45, 7) is 1.96. The van der Waals surface area contributed by atoms with E-state index in [0.29, 0.717) is 16.9 Å². The minimum absolute atomic E-state index is 0.0735. The van der Waals surface area contributed by atoms with Crippen LogP contribution >= 0.6 is 11.6 Å². The molecule has 0 aliphatic rings. The van der Waals surface area contributed by atoms with Crippen LogP contribution < -0.4 is 5.32 Å². The molecule has 1 unspecified atom stereocenters. The van der Waals surface area contributed by atoms with Gasteiger partial charge in [-0.1, -0.05) is 0 Å². The molecule has 0 saturated carbocycles.